The Hall–Kier alpha value is -3.09. The predicted octanol–water partition coefficient (Wildman–Crippen LogP) is 3.16. The highest BCUT2D eigenvalue weighted by Crippen LogP contribution is 2.41. The van der Waals surface area contributed by atoms with Crippen molar-refractivity contribution < 1.29 is 18.6 Å². The summed E-state index contributed by atoms with van der Waals surface area (Å²) in [5, 5.41) is 7.89. The largest absolute Gasteiger partial charge is 0.493 e. The highest BCUT2D eigenvalue weighted by molar-refractivity contribution is 5.68. The summed E-state index contributed by atoms with van der Waals surface area (Å²) in [7, 11) is 4.52. The molecule has 3 rings (SSSR count). The Morgan fingerprint density at radius 3 is 2.16 bits per heavy atom. The maximum Gasteiger partial charge on any atom is 0.240 e. The van der Waals surface area contributed by atoms with Gasteiger partial charge in [0.25, 0.3) is 0 Å². The second-order valence-electron chi connectivity index (χ2n) is 5.29. The van der Waals surface area contributed by atoms with Gasteiger partial charge in [-0.25, -0.2) is 4.68 Å². The van der Waals surface area contributed by atoms with Crippen molar-refractivity contribution >= 4 is 0 Å². The van der Waals surface area contributed by atoms with E-state index in [4.69, 9.17) is 14.2 Å². The van der Waals surface area contributed by atoms with Gasteiger partial charge in [-0.1, -0.05) is 35.5 Å². The van der Waals surface area contributed by atoms with Gasteiger partial charge in [-0.2, -0.15) is 4.39 Å². The number of nitrogens with zero attached hydrogens (tertiary/aromatic N) is 3. The van der Waals surface area contributed by atoms with Crippen LogP contribution in [0.1, 0.15) is 5.56 Å². The van der Waals surface area contributed by atoms with Crippen LogP contribution in [0.2, 0.25) is 0 Å². The highest BCUT2D eigenvalue weighted by Gasteiger charge is 2.20. The molecule has 0 aliphatic heterocycles. The Kier molecular flexibility index (Phi) is 4.83. The summed E-state index contributed by atoms with van der Waals surface area (Å²) in [6.45, 7) is 0.296. The Labute approximate surface area is 144 Å². The first-order valence-corrected chi connectivity index (χ1v) is 7.61. The van der Waals surface area contributed by atoms with Gasteiger partial charge in [0.1, 0.15) is 5.69 Å². The summed E-state index contributed by atoms with van der Waals surface area (Å²) in [6.07, 6.45) is 0. The Bertz CT molecular complexity index is 840. The molecule has 0 amide bonds. The van der Waals surface area contributed by atoms with Gasteiger partial charge in [0.15, 0.2) is 11.5 Å². The van der Waals surface area contributed by atoms with E-state index in [9.17, 15) is 4.39 Å². The molecule has 0 bridgehead atoms. The zero-order valence-electron chi connectivity index (χ0n) is 14.2. The van der Waals surface area contributed by atoms with Crippen LogP contribution in [0, 0.1) is 5.95 Å². The molecule has 130 valence electrons. The molecule has 0 spiro atoms. The van der Waals surface area contributed by atoms with Gasteiger partial charge in [0, 0.05) is 5.56 Å². The molecule has 3 aromatic rings. The average molecular weight is 343 g/mol. The molecule has 0 fully saturated rings. The first kappa shape index (κ1) is 16.8. The van der Waals surface area contributed by atoms with E-state index in [-0.39, 0.29) is 5.69 Å². The van der Waals surface area contributed by atoms with E-state index in [2.05, 4.69) is 10.3 Å². The van der Waals surface area contributed by atoms with Crippen LogP contribution >= 0.6 is 0 Å². The molecule has 0 unspecified atom stereocenters. The Balaban J connectivity index is 2.00. The third-order valence-corrected chi connectivity index (χ3v) is 3.79. The van der Waals surface area contributed by atoms with E-state index in [0.29, 0.717) is 29.4 Å². The van der Waals surface area contributed by atoms with Crippen LogP contribution in [0.4, 0.5) is 4.39 Å². The van der Waals surface area contributed by atoms with Crippen molar-refractivity contribution in [1.29, 1.82) is 0 Å². The number of benzene rings is 2. The average Bonchev–Trinajstić information content (AvgIpc) is 3.01. The van der Waals surface area contributed by atoms with Gasteiger partial charge < -0.3 is 14.2 Å². The van der Waals surface area contributed by atoms with E-state index in [1.165, 1.54) is 26.0 Å². The Morgan fingerprint density at radius 2 is 1.60 bits per heavy atom. The molecule has 7 heteroatoms. The van der Waals surface area contributed by atoms with Crippen molar-refractivity contribution in [3.05, 3.63) is 54.0 Å². The zero-order chi connectivity index (χ0) is 17.8. The lowest BCUT2D eigenvalue weighted by Gasteiger charge is -2.13. The van der Waals surface area contributed by atoms with E-state index >= 15 is 0 Å². The molecule has 0 aliphatic carbocycles. The van der Waals surface area contributed by atoms with Gasteiger partial charge in [0.05, 0.1) is 27.9 Å². The van der Waals surface area contributed by atoms with Crippen molar-refractivity contribution in [2.45, 2.75) is 6.54 Å². The normalized spacial score (nSPS) is 10.6. The molecule has 0 radical (unpaired) electrons. The van der Waals surface area contributed by atoms with Crippen molar-refractivity contribution in [3.8, 4) is 28.5 Å². The summed E-state index contributed by atoms with van der Waals surface area (Å²) < 4.78 is 31.9. The summed E-state index contributed by atoms with van der Waals surface area (Å²) >= 11 is 0. The minimum atomic E-state index is -0.530. The fourth-order valence-corrected chi connectivity index (χ4v) is 2.55. The lowest BCUT2D eigenvalue weighted by atomic mass is 10.1. The number of hydrogen-bond donors (Lipinski definition) is 0. The molecule has 25 heavy (non-hydrogen) atoms. The van der Waals surface area contributed by atoms with Gasteiger partial charge in [-0.3, -0.25) is 0 Å². The number of methoxy groups -OCH3 is 3. The number of hydrogen-bond acceptors (Lipinski definition) is 5. The van der Waals surface area contributed by atoms with E-state index < -0.39 is 5.95 Å². The smallest absolute Gasteiger partial charge is 0.240 e. The zero-order valence-corrected chi connectivity index (χ0v) is 14.2. The van der Waals surface area contributed by atoms with Crippen LogP contribution in [0.5, 0.6) is 17.2 Å². The first-order valence-electron chi connectivity index (χ1n) is 7.61. The van der Waals surface area contributed by atoms with Gasteiger partial charge in [-0.05, 0) is 17.7 Å². The van der Waals surface area contributed by atoms with Crippen LogP contribution < -0.4 is 14.2 Å². The first-order chi connectivity index (χ1) is 12.2. The quantitative estimate of drug-likeness (QED) is 0.688. The van der Waals surface area contributed by atoms with Crippen LogP contribution in [0.25, 0.3) is 11.3 Å². The summed E-state index contributed by atoms with van der Waals surface area (Å²) in [4.78, 5) is 0. The van der Waals surface area contributed by atoms with Crippen molar-refractivity contribution in [2.75, 3.05) is 21.3 Å². The second kappa shape index (κ2) is 7.21. The maximum absolute atomic E-state index is 14.8. The van der Waals surface area contributed by atoms with E-state index in [0.717, 1.165) is 5.56 Å². The van der Waals surface area contributed by atoms with Gasteiger partial charge >= 0.3 is 0 Å². The minimum absolute atomic E-state index is 0.121. The van der Waals surface area contributed by atoms with Crippen LogP contribution in [0.15, 0.2) is 42.5 Å². The molecule has 2 aromatic carbocycles. The van der Waals surface area contributed by atoms with E-state index in [1.54, 1.807) is 12.1 Å². The molecule has 6 nitrogen and oxygen atoms in total. The van der Waals surface area contributed by atoms with Gasteiger partial charge in [-0.15, -0.1) is 5.10 Å². The van der Waals surface area contributed by atoms with Crippen molar-refractivity contribution in [1.82, 2.24) is 15.0 Å². The maximum atomic E-state index is 14.8. The third-order valence-electron chi connectivity index (χ3n) is 3.79. The molecule has 1 aromatic heterocycles. The molecule has 0 saturated heterocycles. The number of aromatic nitrogens is 3. The summed E-state index contributed by atoms with van der Waals surface area (Å²) in [6, 6.07) is 12.8. The SMILES string of the molecule is COc1cc(-c2nnn(Cc3ccccc3)c2F)cc(OC)c1OC. The monoisotopic (exact) mass is 343 g/mol. The van der Waals surface area contributed by atoms with Crippen molar-refractivity contribution in [3.63, 3.8) is 0 Å². The molecule has 0 atom stereocenters. The topological polar surface area (TPSA) is 58.4 Å². The van der Waals surface area contributed by atoms with Crippen LogP contribution in [0.3, 0.4) is 0 Å². The molecule has 1 heterocycles. The number of halogens is 1. The second-order valence-corrected chi connectivity index (χ2v) is 5.29. The molecule has 0 N–H and O–H groups in total. The third kappa shape index (κ3) is 3.26. The lowest BCUT2D eigenvalue weighted by molar-refractivity contribution is 0.324. The molecule has 0 saturated carbocycles. The fourth-order valence-electron chi connectivity index (χ4n) is 2.55. The number of rotatable bonds is 6. The summed E-state index contributed by atoms with van der Waals surface area (Å²) in [5.74, 6) is 0.756. The van der Waals surface area contributed by atoms with Crippen molar-refractivity contribution in [2.24, 2.45) is 0 Å². The molecular formula is C18H18FN3O3. The standard InChI is InChI=1S/C18H18FN3O3/c1-23-14-9-13(10-15(24-2)17(14)25-3)16-18(19)22(21-20-16)11-12-7-5-4-6-8-12/h4-10H,11H2,1-3H3. The fraction of sp³-hybridized carbons (Fsp3) is 0.222. The van der Waals surface area contributed by atoms with E-state index in [1.807, 2.05) is 30.3 Å². The van der Waals surface area contributed by atoms with Gasteiger partial charge in [0.2, 0.25) is 11.7 Å². The summed E-state index contributed by atoms with van der Waals surface area (Å²) in [5.41, 5.74) is 1.55. The predicted molar refractivity (Wildman–Crippen MR) is 90.6 cm³/mol. The number of ether oxygens (including phenoxy) is 3. The highest BCUT2D eigenvalue weighted by atomic mass is 19.1. The van der Waals surface area contributed by atoms with Crippen LogP contribution in [-0.4, -0.2) is 36.3 Å². The Morgan fingerprint density at radius 1 is 0.960 bits per heavy atom. The minimum Gasteiger partial charge on any atom is -0.493 e. The molecule has 0 aliphatic rings. The lowest BCUT2D eigenvalue weighted by Crippen LogP contribution is -2.04. The molecular weight excluding hydrogens is 325 g/mol. The van der Waals surface area contributed by atoms with Crippen LogP contribution in [-0.2, 0) is 6.54 Å².